The third-order valence-electron chi connectivity index (χ3n) is 17.4. The van der Waals surface area contributed by atoms with Crippen molar-refractivity contribution in [2.24, 2.45) is 0 Å². The lowest BCUT2D eigenvalue weighted by Gasteiger charge is -2.28. The second-order valence-corrected chi connectivity index (χ2v) is 33.6. The molecule has 0 bridgehead atoms. The summed E-state index contributed by atoms with van der Waals surface area (Å²) < 4.78 is 242. The van der Waals surface area contributed by atoms with Crippen LogP contribution in [-0.4, -0.2) is 178 Å². The normalized spacial score (nSPS) is 35.3. The highest BCUT2D eigenvalue weighted by Gasteiger charge is 2.62. The number of aliphatic hydroxyl groups excluding tert-OH is 8. The Bertz CT molecular complexity index is 6320. The Morgan fingerprint density at radius 3 is 0.950 bits per heavy atom. The molecule has 4 saturated heterocycles. The molecule has 648 valence electrons. The molecule has 20 atom stereocenters. The number of aromatic amines is 4. The van der Waals surface area contributed by atoms with Crippen LogP contribution in [0.4, 0.5) is 17.6 Å². The molecule has 120 heavy (non-hydrogen) atoms. The largest absolute Gasteiger partial charge is 0.530 e. The van der Waals surface area contributed by atoms with Crippen molar-refractivity contribution in [2.45, 2.75) is 124 Å². The summed E-state index contributed by atoms with van der Waals surface area (Å²) in [5.41, 5.74) is -6.17. The van der Waals surface area contributed by atoms with E-state index in [1.54, 1.807) is 4.98 Å². The number of nitrogens with zero attached hydrogens (tertiary/aromatic N) is 4. The van der Waals surface area contributed by atoms with Gasteiger partial charge in [-0.3, -0.25) is 93.6 Å². The smallest absolute Gasteiger partial charge is 0.404 e. The van der Waals surface area contributed by atoms with Crippen LogP contribution >= 0.6 is 77.7 Å². The molecule has 0 aliphatic carbocycles. The molecule has 12 heterocycles. The third-order valence-corrected chi connectivity index (χ3v) is 23.3. The minimum Gasteiger partial charge on any atom is -0.404 e. The predicted molar refractivity (Wildman–Crippen MR) is 391 cm³/mol. The van der Waals surface area contributed by atoms with E-state index in [0.29, 0.717) is 62.2 Å². The first-order valence-electron chi connectivity index (χ1n) is 36.5. The maximum Gasteiger partial charge on any atom is 0.530 e. The zero-order valence-electron chi connectivity index (χ0n) is 65.2. The van der Waals surface area contributed by atoms with Gasteiger partial charge in [-0.25, -0.2) is 55.0 Å². The number of phosphoric ester groups is 4. The van der Waals surface area contributed by atoms with Crippen molar-refractivity contribution in [3.8, 4) is 23.0 Å². The number of halogens is 8. The summed E-state index contributed by atoms with van der Waals surface area (Å²) in [7, 11) is -18.3. The van der Waals surface area contributed by atoms with Crippen molar-refractivity contribution < 1.29 is 158 Å². The fraction of sp³-hybridized carbons (Fsp3) is 0.375. The first kappa shape index (κ1) is 81.5. The molecular weight excluding hydrogens is 1800 g/mol. The van der Waals surface area contributed by atoms with E-state index in [1.807, 2.05) is 15.0 Å². The lowest BCUT2D eigenvalue weighted by Crippen LogP contribution is -2.43. The summed E-state index contributed by atoms with van der Waals surface area (Å²) in [5, 5.41) is 82.9. The van der Waals surface area contributed by atoms with Crippen LogP contribution in [0.3, 0.4) is 0 Å². The lowest BCUT2D eigenvalue weighted by atomic mass is 10.1. The minimum atomic E-state index is -4.86. The molecule has 4 fully saturated rings. The Kier molecular flexibility index (Phi) is 23.7. The summed E-state index contributed by atoms with van der Waals surface area (Å²) in [5.74, 6) is -14.0. The number of hydrogen-bond donors (Lipinski definition) is 12. The number of alkyl halides is 4. The Labute approximate surface area is 691 Å². The van der Waals surface area contributed by atoms with Gasteiger partial charge in [0.1, 0.15) is 98.2 Å². The molecule has 0 spiro atoms. The van der Waals surface area contributed by atoms with Gasteiger partial charge in [0.25, 0.3) is 45.7 Å². The molecule has 44 nitrogen and oxygen atoms in total. The van der Waals surface area contributed by atoms with Gasteiger partial charge in [-0.1, -0.05) is 46.4 Å². The number of ether oxygens (including phenoxy) is 4. The van der Waals surface area contributed by atoms with E-state index in [1.165, 1.54) is 72.8 Å². The maximum absolute atomic E-state index is 15.7. The molecule has 8 aliphatic heterocycles. The quantitative estimate of drug-likeness (QED) is 0.0487. The number of H-pyrrole nitrogens is 4. The van der Waals surface area contributed by atoms with Crippen molar-refractivity contribution >= 4 is 77.7 Å². The molecule has 4 aromatic carbocycles. The highest BCUT2D eigenvalue weighted by Crippen LogP contribution is 2.60. The number of aromatic nitrogens is 8. The van der Waals surface area contributed by atoms with Gasteiger partial charge < -0.3 is 77.9 Å². The van der Waals surface area contributed by atoms with E-state index in [4.69, 9.17) is 119 Å². The van der Waals surface area contributed by atoms with Crippen molar-refractivity contribution in [3.05, 3.63) is 248 Å². The van der Waals surface area contributed by atoms with Crippen LogP contribution in [0.1, 0.15) is 55.3 Å². The fourth-order valence-electron chi connectivity index (χ4n) is 11.3. The number of phosphoric acid groups is 4. The number of fused-ring (bicyclic) bond motifs is 4. The molecular formula is C64H60Cl4F4N8O36P4. The van der Waals surface area contributed by atoms with Crippen LogP contribution < -0.4 is 63.1 Å². The van der Waals surface area contributed by atoms with E-state index < -0.39 is 206 Å². The highest BCUT2D eigenvalue weighted by molar-refractivity contribution is 7.49. The predicted octanol–water partition coefficient (Wildman–Crippen LogP) is 3.36. The molecule has 8 aliphatic rings. The number of rotatable bonds is 16. The third kappa shape index (κ3) is 19.3. The van der Waals surface area contributed by atoms with E-state index in [2.05, 4.69) is 9.05 Å². The molecule has 0 radical (unpaired) electrons. The van der Waals surface area contributed by atoms with Gasteiger partial charge in [0.05, 0.1) is 34.7 Å². The van der Waals surface area contributed by atoms with Crippen LogP contribution in [0.5, 0.6) is 23.0 Å². The second-order valence-electron chi connectivity index (χ2n) is 25.6. The summed E-state index contributed by atoms with van der Waals surface area (Å²) in [6.45, 7) is -11.2. The maximum atomic E-state index is 15.7. The molecule has 0 saturated carbocycles. The average molecular weight is 1860 g/mol. The van der Waals surface area contributed by atoms with Gasteiger partial charge in [-0.05, 0) is 72.8 Å². The van der Waals surface area contributed by atoms with Gasteiger partial charge >= 0.3 is 54.0 Å². The summed E-state index contributed by atoms with van der Waals surface area (Å²) >= 11 is 23.4. The van der Waals surface area contributed by atoms with Crippen molar-refractivity contribution in [1.82, 2.24) is 38.2 Å². The van der Waals surface area contributed by atoms with Gasteiger partial charge in [0, 0.05) is 91.4 Å². The van der Waals surface area contributed by atoms with Crippen molar-refractivity contribution in [3.63, 3.8) is 0 Å². The van der Waals surface area contributed by atoms with Crippen molar-refractivity contribution in [2.75, 3.05) is 26.3 Å². The summed E-state index contributed by atoms with van der Waals surface area (Å²) in [6, 6.07) is 20.5. The first-order valence-corrected chi connectivity index (χ1v) is 40.8. The van der Waals surface area contributed by atoms with Crippen molar-refractivity contribution in [1.29, 1.82) is 0 Å². The zero-order valence-corrected chi connectivity index (χ0v) is 65.8. The van der Waals surface area contributed by atoms with Crippen LogP contribution in [0.2, 0.25) is 20.1 Å². The van der Waals surface area contributed by atoms with Gasteiger partial charge in [-0.2, -0.15) is 0 Å². The average Bonchev–Trinajstić information content (AvgIpc) is 1.37. The number of hydrogen-bond acceptors (Lipinski definition) is 36. The second kappa shape index (κ2) is 34.8. The molecule has 4 aromatic heterocycles. The van der Waals surface area contributed by atoms with Gasteiger partial charge in [0.15, 0.2) is 24.9 Å². The molecule has 4 unspecified atom stereocenters. The SMILES string of the molecule is O=c1ccn([C@@H]2O[C@](F)(COP3(=O)OCc4cc(Cl)ccc4O3)[C@@H](O)[C@H]2O)c(=O)[nH]1.[2H]C([2H])(OP1(=O)OCc2cc(Cl)ccc2O1)[C@@]1(F)O[C@@H](n2ccc(=O)[nH]c2=O)[C@H](O)[C@@H]1O.[2H]C([2H])(OP1(=O)OCc2cc(Cl)ccc2O1)[C@@]1(F)O[C@@]([2H])(n2ccc(=O)[nH]c2=O)[C@H](O)[C@@H]1O.[2H][C@@]1(n2ccc(=O)[nH]c2=O)O[C@](F)(COP2(=O)OCc3cc(Cl)ccc3O2)[C@@H](O)[C@H]1O. The van der Waals surface area contributed by atoms with E-state index in [-0.39, 0.29) is 47.4 Å². The zero-order chi connectivity index (χ0) is 92.2. The van der Waals surface area contributed by atoms with E-state index in [0.717, 1.165) is 42.9 Å². The van der Waals surface area contributed by atoms with Crippen LogP contribution in [0, 0.1) is 0 Å². The van der Waals surface area contributed by atoms with Crippen LogP contribution in [0.15, 0.2) is 160 Å². The lowest BCUT2D eigenvalue weighted by molar-refractivity contribution is -0.205. The van der Waals surface area contributed by atoms with E-state index in [9.17, 15) is 97.5 Å². The van der Waals surface area contributed by atoms with Crippen LogP contribution in [-0.2, 0) is 99.8 Å². The Morgan fingerprint density at radius 2 is 0.633 bits per heavy atom. The van der Waals surface area contributed by atoms with E-state index >= 15 is 17.6 Å². The monoisotopic (exact) mass is 1860 g/mol. The summed E-state index contributed by atoms with van der Waals surface area (Å²) in [6.07, 6.45) is -25.4. The molecule has 8 aromatic rings. The number of nitrogens with one attached hydrogen (secondary N) is 4. The number of benzene rings is 4. The summed E-state index contributed by atoms with van der Waals surface area (Å²) in [4.78, 5) is 100.0. The molecule has 56 heteroatoms. The fourth-order valence-corrected chi connectivity index (χ4v) is 16.8. The molecule has 16 rings (SSSR count). The molecule has 12 N–H and O–H groups in total. The van der Waals surface area contributed by atoms with Gasteiger partial charge in [0.2, 0.25) is 0 Å². The first-order chi connectivity index (χ1) is 58.6. The molecule has 0 amide bonds. The topological polar surface area (TPSA) is 597 Å². The Morgan fingerprint density at radius 1 is 0.383 bits per heavy atom. The Hall–Kier alpha value is -8.20. The Balaban J connectivity index is 0.000000144. The standard InChI is InChI=1S/4C16H15ClFN2O9P/c4*17-9-1-2-10-8(5-9)6-26-30(25,29-10)27-7-16(18)13(23)12(22)14(28-16)20-4-3-11(21)19-15(20)24/h4*1-5,12-14,22-23H,6-7H2,(H,19,21,24)/t4*12-,13+,14-,16-,30?/m1111/s1/i7D2,14D;14D;7D2;. The van der Waals surface area contributed by atoms with Crippen LogP contribution in [0.25, 0.3) is 0 Å². The highest BCUT2D eigenvalue weighted by atomic mass is 35.5. The minimum absolute atomic E-state index is 0.0155. The number of aliphatic hydroxyl groups is 8. The van der Waals surface area contributed by atoms with Gasteiger partial charge in [-0.15, -0.1) is 0 Å².